The molecular formula is C28H25ClN4O2. The predicted molar refractivity (Wildman–Crippen MR) is 139 cm³/mol. The maximum absolute atomic E-state index is 12.8. The number of hydrogen-bond acceptors (Lipinski definition) is 5. The minimum Gasteiger partial charge on any atom is -0.457 e. The van der Waals surface area contributed by atoms with E-state index in [1.54, 1.807) is 0 Å². The van der Waals surface area contributed by atoms with Crippen molar-refractivity contribution in [1.29, 1.82) is 0 Å². The topological polar surface area (TPSA) is 67.3 Å². The summed E-state index contributed by atoms with van der Waals surface area (Å²) in [4.78, 5) is 15.0. The van der Waals surface area contributed by atoms with E-state index >= 15 is 0 Å². The molecule has 1 aromatic heterocycles. The number of carbonyl (C=O) groups is 1. The molecule has 0 spiro atoms. The van der Waals surface area contributed by atoms with Crippen molar-refractivity contribution < 1.29 is 9.53 Å². The molecule has 1 saturated heterocycles. The number of ether oxygens (including phenoxy) is 1. The quantitative estimate of drug-likeness (QED) is 0.341. The zero-order valence-corrected chi connectivity index (χ0v) is 19.9. The van der Waals surface area contributed by atoms with Crippen LogP contribution in [0.25, 0.3) is 11.3 Å². The first-order valence-electron chi connectivity index (χ1n) is 11.6. The van der Waals surface area contributed by atoms with E-state index in [4.69, 9.17) is 16.3 Å². The van der Waals surface area contributed by atoms with Crippen molar-refractivity contribution in [2.45, 2.75) is 12.8 Å². The molecule has 7 heteroatoms. The number of aromatic nitrogens is 2. The summed E-state index contributed by atoms with van der Waals surface area (Å²) in [5, 5.41) is 12.5. The highest BCUT2D eigenvalue weighted by molar-refractivity contribution is 6.30. The monoisotopic (exact) mass is 484 g/mol. The van der Waals surface area contributed by atoms with E-state index < -0.39 is 0 Å². The van der Waals surface area contributed by atoms with Gasteiger partial charge in [-0.1, -0.05) is 41.9 Å². The second-order valence-corrected chi connectivity index (χ2v) is 8.91. The minimum absolute atomic E-state index is 0.0344. The van der Waals surface area contributed by atoms with Crippen LogP contribution < -0.4 is 15.0 Å². The van der Waals surface area contributed by atoms with Gasteiger partial charge in [0.05, 0.1) is 5.69 Å². The van der Waals surface area contributed by atoms with Gasteiger partial charge in [-0.3, -0.25) is 4.79 Å². The van der Waals surface area contributed by atoms with Crippen LogP contribution in [0.1, 0.15) is 12.8 Å². The normalized spacial score (nSPS) is 13.9. The van der Waals surface area contributed by atoms with Gasteiger partial charge in [0.25, 0.3) is 0 Å². The SMILES string of the molecule is O=C(Nc1ccc(Oc2ccccc2)cc1)C1CCN(c2ccc(-c3ccc(Cl)cc3)nn2)CC1. The van der Waals surface area contributed by atoms with Crippen LogP contribution in [0.2, 0.25) is 5.02 Å². The number of benzene rings is 3. The van der Waals surface area contributed by atoms with Crippen molar-refractivity contribution >= 4 is 29.0 Å². The Morgan fingerprint density at radius 3 is 2.17 bits per heavy atom. The standard InChI is InChI=1S/C28H25ClN4O2/c29-22-8-6-20(7-9-22)26-14-15-27(32-31-26)33-18-16-21(17-19-33)28(34)30-23-10-12-25(13-11-23)35-24-4-2-1-3-5-24/h1-15,21H,16-19H2,(H,30,34). The lowest BCUT2D eigenvalue weighted by Gasteiger charge is -2.31. The minimum atomic E-state index is -0.0344. The average Bonchev–Trinajstić information content (AvgIpc) is 2.91. The molecular weight excluding hydrogens is 460 g/mol. The summed E-state index contributed by atoms with van der Waals surface area (Å²) >= 11 is 5.96. The molecule has 0 bridgehead atoms. The third kappa shape index (κ3) is 5.78. The van der Waals surface area contributed by atoms with Crippen LogP contribution >= 0.6 is 11.6 Å². The summed E-state index contributed by atoms with van der Waals surface area (Å²) in [5.41, 5.74) is 2.55. The van der Waals surface area contributed by atoms with Crippen LogP contribution in [0.4, 0.5) is 11.5 Å². The van der Waals surface area contributed by atoms with Gasteiger partial charge in [-0.2, -0.15) is 0 Å². The summed E-state index contributed by atoms with van der Waals surface area (Å²) in [6.07, 6.45) is 1.53. The molecule has 4 aromatic rings. The van der Waals surface area contributed by atoms with Gasteiger partial charge in [-0.15, -0.1) is 10.2 Å². The van der Waals surface area contributed by atoms with Gasteiger partial charge in [0, 0.05) is 35.3 Å². The van der Waals surface area contributed by atoms with Crippen molar-refractivity contribution in [3.63, 3.8) is 0 Å². The largest absolute Gasteiger partial charge is 0.457 e. The van der Waals surface area contributed by atoms with E-state index in [1.807, 2.05) is 91.0 Å². The molecule has 1 aliphatic heterocycles. The number of hydrogen-bond donors (Lipinski definition) is 1. The Bertz CT molecular complexity index is 1260. The zero-order chi connectivity index (χ0) is 24.0. The third-order valence-electron chi connectivity index (χ3n) is 6.08. The molecule has 0 unspecified atom stereocenters. The van der Waals surface area contributed by atoms with E-state index in [2.05, 4.69) is 20.4 Å². The first kappa shape index (κ1) is 22.9. The second-order valence-electron chi connectivity index (χ2n) is 8.47. The Balaban J connectivity index is 1.12. The molecule has 5 rings (SSSR count). The number of rotatable bonds is 6. The Hall–Kier alpha value is -3.90. The van der Waals surface area contributed by atoms with Crippen molar-refractivity contribution in [3.8, 4) is 22.8 Å². The predicted octanol–water partition coefficient (Wildman–Crippen LogP) is 6.44. The fourth-order valence-corrected chi connectivity index (χ4v) is 4.24. The lowest BCUT2D eigenvalue weighted by atomic mass is 9.95. The fraction of sp³-hybridized carbons (Fsp3) is 0.179. The molecule has 176 valence electrons. The van der Waals surface area contributed by atoms with Crippen LogP contribution in [0.5, 0.6) is 11.5 Å². The smallest absolute Gasteiger partial charge is 0.227 e. The Labute approximate surface area is 209 Å². The molecule has 0 radical (unpaired) electrons. The van der Waals surface area contributed by atoms with Crippen LogP contribution in [0.3, 0.4) is 0 Å². The van der Waals surface area contributed by atoms with Crippen LogP contribution in [0.15, 0.2) is 91.0 Å². The number of para-hydroxylation sites is 1. The van der Waals surface area contributed by atoms with Crippen LogP contribution in [-0.2, 0) is 4.79 Å². The van der Waals surface area contributed by atoms with E-state index in [-0.39, 0.29) is 11.8 Å². The average molecular weight is 485 g/mol. The Morgan fingerprint density at radius 2 is 1.51 bits per heavy atom. The molecule has 0 aliphatic carbocycles. The number of anilines is 2. The van der Waals surface area contributed by atoms with Gasteiger partial charge < -0.3 is 15.0 Å². The first-order chi connectivity index (χ1) is 17.1. The highest BCUT2D eigenvalue weighted by atomic mass is 35.5. The van der Waals surface area contributed by atoms with Crippen molar-refractivity contribution in [3.05, 3.63) is 96.0 Å². The molecule has 1 amide bonds. The van der Waals surface area contributed by atoms with E-state index in [0.717, 1.165) is 60.2 Å². The molecule has 3 aromatic carbocycles. The molecule has 1 N–H and O–H groups in total. The van der Waals surface area contributed by atoms with Gasteiger partial charge >= 0.3 is 0 Å². The molecule has 1 aliphatic rings. The Morgan fingerprint density at radius 1 is 0.829 bits per heavy atom. The van der Waals surface area contributed by atoms with Crippen LogP contribution in [0, 0.1) is 5.92 Å². The third-order valence-corrected chi connectivity index (χ3v) is 6.33. The van der Waals surface area contributed by atoms with Gasteiger partial charge in [-0.25, -0.2) is 0 Å². The molecule has 6 nitrogen and oxygen atoms in total. The highest BCUT2D eigenvalue weighted by Gasteiger charge is 2.26. The number of nitrogens with zero attached hydrogens (tertiary/aromatic N) is 3. The van der Waals surface area contributed by atoms with Gasteiger partial charge in [-0.05, 0) is 73.5 Å². The van der Waals surface area contributed by atoms with E-state index in [9.17, 15) is 4.79 Å². The summed E-state index contributed by atoms with van der Waals surface area (Å²) in [6.45, 7) is 1.52. The van der Waals surface area contributed by atoms with Gasteiger partial charge in [0.1, 0.15) is 11.5 Å². The van der Waals surface area contributed by atoms with Crippen LogP contribution in [-0.4, -0.2) is 29.2 Å². The first-order valence-corrected chi connectivity index (χ1v) is 12.0. The summed E-state index contributed by atoms with van der Waals surface area (Å²) < 4.78 is 5.81. The van der Waals surface area contributed by atoms with Gasteiger partial charge in [0.2, 0.25) is 5.91 Å². The fourth-order valence-electron chi connectivity index (χ4n) is 4.11. The second kappa shape index (κ2) is 10.6. The zero-order valence-electron chi connectivity index (χ0n) is 19.1. The molecule has 1 fully saturated rings. The van der Waals surface area contributed by atoms with Gasteiger partial charge in [0.15, 0.2) is 5.82 Å². The van der Waals surface area contributed by atoms with Crippen molar-refractivity contribution in [2.75, 3.05) is 23.3 Å². The number of nitrogens with one attached hydrogen (secondary N) is 1. The summed E-state index contributed by atoms with van der Waals surface area (Å²) in [6, 6.07) is 28.6. The number of piperidine rings is 1. The van der Waals surface area contributed by atoms with E-state index in [1.165, 1.54) is 0 Å². The lowest BCUT2D eigenvalue weighted by Crippen LogP contribution is -2.38. The number of carbonyl (C=O) groups excluding carboxylic acids is 1. The maximum atomic E-state index is 12.8. The maximum Gasteiger partial charge on any atom is 0.227 e. The van der Waals surface area contributed by atoms with Crippen molar-refractivity contribution in [1.82, 2.24) is 10.2 Å². The highest BCUT2D eigenvalue weighted by Crippen LogP contribution is 2.26. The molecule has 2 heterocycles. The summed E-state index contributed by atoms with van der Waals surface area (Å²) in [5.74, 6) is 2.35. The number of halogens is 1. The number of amides is 1. The lowest BCUT2D eigenvalue weighted by molar-refractivity contribution is -0.120. The molecule has 0 saturated carbocycles. The molecule has 0 atom stereocenters. The molecule has 35 heavy (non-hydrogen) atoms. The Kier molecular flexibility index (Phi) is 6.91. The van der Waals surface area contributed by atoms with E-state index in [0.29, 0.717) is 5.02 Å². The summed E-state index contributed by atoms with van der Waals surface area (Å²) in [7, 11) is 0. The van der Waals surface area contributed by atoms with Crippen molar-refractivity contribution in [2.24, 2.45) is 5.92 Å².